The van der Waals surface area contributed by atoms with E-state index >= 15 is 0 Å². The minimum Gasteiger partial charge on any atom is -0.496 e. The van der Waals surface area contributed by atoms with E-state index < -0.39 is 4.92 Å². The summed E-state index contributed by atoms with van der Waals surface area (Å²) < 4.78 is 5.23. The SMILES string of the molecule is COc1ccc([N+](=O)[O-])cc1CSc1ccc(Cl)cc1N. The Kier molecular flexibility index (Phi) is 4.93. The molecule has 0 amide bonds. The van der Waals surface area contributed by atoms with Crippen molar-refractivity contribution in [2.45, 2.75) is 10.6 Å². The maximum atomic E-state index is 10.8. The fourth-order valence-corrected chi connectivity index (χ4v) is 2.90. The van der Waals surface area contributed by atoms with E-state index in [0.717, 1.165) is 10.5 Å². The number of methoxy groups -OCH3 is 1. The van der Waals surface area contributed by atoms with E-state index in [0.29, 0.717) is 22.2 Å². The highest BCUT2D eigenvalue weighted by atomic mass is 35.5. The first kappa shape index (κ1) is 15.5. The molecule has 0 atom stereocenters. The second-order valence-corrected chi connectivity index (χ2v) is 5.68. The molecule has 0 aliphatic carbocycles. The Morgan fingerprint density at radius 3 is 2.71 bits per heavy atom. The Bertz CT molecular complexity index is 679. The number of nitro benzene ring substituents is 1. The lowest BCUT2D eigenvalue weighted by atomic mass is 10.2. The summed E-state index contributed by atoms with van der Waals surface area (Å²) in [7, 11) is 1.53. The number of non-ortho nitro benzene ring substituents is 1. The van der Waals surface area contributed by atoms with Gasteiger partial charge in [0, 0.05) is 39.1 Å². The van der Waals surface area contributed by atoms with E-state index in [9.17, 15) is 10.1 Å². The molecule has 7 heteroatoms. The predicted octanol–water partition coefficient (Wildman–Crippen LogP) is 4.13. The number of anilines is 1. The maximum absolute atomic E-state index is 10.8. The molecule has 2 aromatic carbocycles. The molecule has 21 heavy (non-hydrogen) atoms. The molecule has 0 fully saturated rings. The van der Waals surface area contributed by atoms with E-state index in [-0.39, 0.29) is 5.69 Å². The minimum atomic E-state index is -0.426. The molecule has 110 valence electrons. The first-order valence-corrected chi connectivity index (χ1v) is 7.36. The van der Waals surface area contributed by atoms with Crippen LogP contribution in [0.3, 0.4) is 0 Å². The van der Waals surface area contributed by atoms with Gasteiger partial charge in [-0.3, -0.25) is 10.1 Å². The summed E-state index contributed by atoms with van der Waals surface area (Å²) in [5.74, 6) is 1.12. The highest BCUT2D eigenvalue weighted by molar-refractivity contribution is 7.98. The van der Waals surface area contributed by atoms with Crippen LogP contribution in [0.15, 0.2) is 41.3 Å². The topological polar surface area (TPSA) is 78.4 Å². The quantitative estimate of drug-likeness (QED) is 0.387. The van der Waals surface area contributed by atoms with Crippen molar-refractivity contribution in [1.82, 2.24) is 0 Å². The van der Waals surface area contributed by atoms with Crippen molar-refractivity contribution >= 4 is 34.7 Å². The van der Waals surface area contributed by atoms with Gasteiger partial charge in [0.05, 0.1) is 12.0 Å². The van der Waals surface area contributed by atoms with E-state index in [1.807, 2.05) is 6.07 Å². The van der Waals surface area contributed by atoms with E-state index in [2.05, 4.69) is 0 Å². The summed E-state index contributed by atoms with van der Waals surface area (Å²) in [6.45, 7) is 0. The number of benzene rings is 2. The number of nitrogens with two attached hydrogens (primary N) is 1. The van der Waals surface area contributed by atoms with Gasteiger partial charge in [0.1, 0.15) is 5.75 Å². The second-order valence-electron chi connectivity index (χ2n) is 4.22. The van der Waals surface area contributed by atoms with Crippen molar-refractivity contribution in [3.63, 3.8) is 0 Å². The summed E-state index contributed by atoms with van der Waals surface area (Å²) in [5, 5.41) is 11.4. The maximum Gasteiger partial charge on any atom is 0.270 e. The number of hydrogen-bond donors (Lipinski definition) is 1. The number of rotatable bonds is 5. The van der Waals surface area contributed by atoms with Gasteiger partial charge in [0.25, 0.3) is 5.69 Å². The van der Waals surface area contributed by atoms with Crippen LogP contribution in [0.1, 0.15) is 5.56 Å². The standard InChI is InChI=1S/C14H13ClN2O3S/c1-20-13-4-3-11(17(18)19)6-9(13)8-21-14-5-2-10(15)7-12(14)16/h2-7H,8,16H2,1H3. The van der Waals surface area contributed by atoms with Gasteiger partial charge in [-0.25, -0.2) is 0 Å². The van der Waals surface area contributed by atoms with Crippen LogP contribution < -0.4 is 10.5 Å². The van der Waals surface area contributed by atoms with Gasteiger partial charge in [0.15, 0.2) is 0 Å². The van der Waals surface area contributed by atoms with Gasteiger partial charge in [-0.2, -0.15) is 0 Å². The van der Waals surface area contributed by atoms with Crippen LogP contribution in [0, 0.1) is 10.1 Å². The van der Waals surface area contributed by atoms with Crippen LogP contribution in [0.25, 0.3) is 0 Å². The zero-order chi connectivity index (χ0) is 15.4. The molecule has 0 heterocycles. The summed E-state index contributed by atoms with van der Waals surface area (Å²) in [5.41, 5.74) is 7.25. The molecule has 5 nitrogen and oxygen atoms in total. The zero-order valence-electron chi connectivity index (χ0n) is 11.2. The van der Waals surface area contributed by atoms with Crippen molar-refractivity contribution < 1.29 is 9.66 Å². The number of nitrogens with zero attached hydrogens (tertiary/aromatic N) is 1. The predicted molar refractivity (Wildman–Crippen MR) is 85.1 cm³/mol. The monoisotopic (exact) mass is 324 g/mol. The molecule has 2 aromatic rings. The van der Waals surface area contributed by atoms with Crippen LogP contribution in [-0.2, 0) is 5.75 Å². The fraction of sp³-hybridized carbons (Fsp3) is 0.143. The molecule has 0 saturated heterocycles. The smallest absolute Gasteiger partial charge is 0.270 e. The third-order valence-corrected chi connectivity index (χ3v) is 4.20. The minimum absolute atomic E-state index is 0.0375. The number of hydrogen-bond acceptors (Lipinski definition) is 5. The molecule has 0 aromatic heterocycles. The number of nitrogen functional groups attached to an aromatic ring is 1. The van der Waals surface area contributed by atoms with Crippen molar-refractivity contribution in [3.05, 3.63) is 57.1 Å². The zero-order valence-corrected chi connectivity index (χ0v) is 12.8. The van der Waals surface area contributed by atoms with E-state index in [1.165, 1.54) is 31.0 Å². The van der Waals surface area contributed by atoms with Gasteiger partial charge in [-0.05, 0) is 24.3 Å². The Balaban J connectivity index is 2.22. The molecule has 0 aliphatic rings. The largest absolute Gasteiger partial charge is 0.496 e. The normalized spacial score (nSPS) is 10.4. The van der Waals surface area contributed by atoms with Crippen molar-refractivity contribution in [1.29, 1.82) is 0 Å². The molecular formula is C14H13ClN2O3S. The summed E-state index contributed by atoms with van der Waals surface area (Å²) >= 11 is 7.33. The van der Waals surface area contributed by atoms with Gasteiger partial charge in [-0.1, -0.05) is 11.6 Å². The molecule has 2 rings (SSSR count). The first-order chi connectivity index (χ1) is 10.0. The molecule has 0 aliphatic heterocycles. The molecule has 2 N–H and O–H groups in total. The fourth-order valence-electron chi connectivity index (χ4n) is 1.80. The summed E-state index contributed by atoms with van der Waals surface area (Å²) in [4.78, 5) is 11.3. The van der Waals surface area contributed by atoms with Gasteiger partial charge in [0.2, 0.25) is 0 Å². The highest BCUT2D eigenvalue weighted by Gasteiger charge is 2.12. The lowest BCUT2D eigenvalue weighted by Gasteiger charge is -2.09. The lowest BCUT2D eigenvalue weighted by Crippen LogP contribution is -1.95. The van der Waals surface area contributed by atoms with Crippen LogP contribution in [0.2, 0.25) is 5.02 Å². The van der Waals surface area contributed by atoms with E-state index in [4.69, 9.17) is 22.1 Å². The van der Waals surface area contributed by atoms with Crippen LogP contribution in [0.5, 0.6) is 5.75 Å². The Hall–Kier alpha value is -1.92. The van der Waals surface area contributed by atoms with Gasteiger partial charge in [-0.15, -0.1) is 11.8 Å². The van der Waals surface area contributed by atoms with E-state index in [1.54, 1.807) is 18.2 Å². The second kappa shape index (κ2) is 6.69. The van der Waals surface area contributed by atoms with Gasteiger partial charge >= 0.3 is 0 Å². The highest BCUT2D eigenvalue weighted by Crippen LogP contribution is 2.34. The first-order valence-electron chi connectivity index (χ1n) is 6.00. The van der Waals surface area contributed by atoms with Gasteiger partial charge < -0.3 is 10.5 Å². The molecular weight excluding hydrogens is 312 g/mol. The number of thioether (sulfide) groups is 1. The molecule has 0 bridgehead atoms. The van der Waals surface area contributed by atoms with Crippen molar-refractivity contribution in [2.75, 3.05) is 12.8 Å². The van der Waals surface area contributed by atoms with Crippen LogP contribution >= 0.6 is 23.4 Å². The summed E-state index contributed by atoms with van der Waals surface area (Å²) in [6.07, 6.45) is 0. The molecule has 0 spiro atoms. The van der Waals surface area contributed by atoms with Crippen molar-refractivity contribution in [3.8, 4) is 5.75 Å². The third-order valence-electron chi connectivity index (χ3n) is 2.83. The number of halogens is 1. The summed E-state index contributed by atoms with van der Waals surface area (Å²) in [6, 6.07) is 9.78. The number of nitro groups is 1. The molecule has 0 unspecified atom stereocenters. The van der Waals surface area contributed by atoms with Crippen molar-refractivity contribution in [2.24, 2.45) is 0 Å². The average Bonchev–Trinajstić information content (AvgIpc) is 2.46. The third kappa shape index (κ3) is 3.80. The Labute approximate surface area is 131 Å². The Morgan fingerprint density at radius 1 is 1.33 bits per heavy atom. The number of ether oxygens (including phenoxy) is 1. The van der Waals surface area contributed by atoms with Crippen LogP contribution in [-0.4, -0.2) is 12.0 Å². The van der Waals surface area contributed by atoms with Crippen LogP contribution in [0.4, 0.5) is 11.4 Å². The lowest BCUT2D eigenvalue weighted by molar-refractivity contribution is -0.384. The molecule has 0 radical (unpaired) electrons. The average molecular weight is 325 g/mol. The molecule has 0 saturated carbocycles. The Morgan fingerprint density at radius 2 is 2.10 bits per heavy atom.